The van der Waals surface area contributed by atoms with Crippen LogP contribution in [0, 0.1) is 12.8 Å². The van der Waals surface area contributed by atoms with Crippen molar-refractivity contribution in [1.82, 2.24) is 29.3 Å². The molecule has 0 atom stereocenters. The van der Waals surface area contributed by atoms with Gasteiger partial charge in [0.1, 0.15) is 16.3 Å². The van der Waals surface area contributed by atoms with Crippen molar-refractivity contribution in [2.75, 3.05) is 11.9 Å². The average Bonchev–Trinajstić information content (AvgIpc) is 3.53. The van der Waals surface area contributed by atoms with Crippen molar-refractivity contribution >= 4 is 27.4 Å². The quantitative estimate of drug-likeness (QED) is 0.425. The predicted octanol–water partition coefficient (Wildman–Crippen LogP) is 4.81. The molecule has 0 spiro atoms. The fourth-order valence-electron chi connectivity index (χ4n) is 4.60. The molecule has 33 heavy (non-hydrogen) atoms. The minimum Gasteiger partial charge on any atom is -0.396 e. The molecule has 174 valence electrons. The van der Waals surface area contributed by atoms with E-state index in [0.717, 1.165) is 63.7 Å². The van der Waals surface area contributed by atoms with Gasteiger partial charge in [-0.3, -0.25) is 4.68 Å². The fourth-order valence-corrected chi connectivity index (χ4v) is 5.74. The molecule has 1 aliphatic carbocycles. The minimum atomic E-state index is 0.282. The van der Waals surface area contributed by atoms with Crippen LogP contribution in [0.1, 0.15) is 51.1 Å². The van der Waals surface area contributed by atoms with Gasteiger partial charge >= 0.3 is 0 Å². The molecule has 1 saturated carbocycles. The number of hydrogen-bond donors (Lipinski definition) is 2. The number of aliphatic hydroxyl groups is 1. The van der Waals surface area contributed by atoms with E-state index in [-0.39, 0.29) is 6.61 Å². The van der Waals surface area contributed by atoms with Crippen molar-refractivity contribution in [2.45, 2.75) is 58.5 Å². The van der Waals surface area contributed by atoms with E-state index in [1.165, 1.54) is 0 Å². The maximum atomic E-state index is 9.50. The third-order valence-electron chi connectivity index (χ3n) is 6.63. The van der Waals surface area contributed by atoms with Gasteiger partial charge in [-0.05, 0) is 64.0 Å². The molecule has 4 heterocycles. The number of aliphatic hydroxyl groups excluding tert-OH is 1. The summed E-state index contributed by atoms with van der Waals surface area (Å²) in [5, 5.41) is 19.1. The Kier molecular flexibility index (Phi) is 5.92. The van der Waals surface area contributed by atoms with Crippen molar-refractivity contribution in [2.24, 2.45) is 13.0 Å². The van der Waals surface area contributed by atoms with Crippen LogP contribution in [0.3, 0.4) is 0 Å². The van der Waals surface area contributed by atoms with Crippen LogP contribution < -0.4 is 5.32 Å². The van der Waals surface area contributed by atoms with Gasteiger partial charge in [-0.1, -0.05) is 0 Å². The Morgan fingerprint density at radius 1 is 1.18 bits per heavy atom. The first-order chi connectivity index (χ1) is 15.9. The van der Waals surface area contributed by atoms with Gasteiger partial charge in [0.05, 0.1) is 10.3 Å². The highest BCUT2D eigenvalue weighted by molar-refractivity contribution is 7.22. The van der Waals surface area contributed by atoms with E-state index in [2.05, 4.69) is 37.1 Å². The lowest BCUT2D eigenvalue weighted by molar-refractivity contribution is 0.186. The Bertz CT molecular complexity index is 1260. The number of rotatable bonds is 6. The molecule has 1 aliphatic rings. The van der Waals surface area contributed by atoms with Crippen LogP contribution in [0.15, 0.2) is 24.7 Å². The molecule has 0 aliphatic heterocycles. The first kappa shape index (κ1) is 22.0. The zero-order chi connectivity index (χ0) is 23.1. The number of fused-ring (bicyclic) bond motifs is 1. The van der Waals surface area contributed by atoms with Crippen molar-refractivity contribution in [1.29, 1.82) is 0 Å². The summed E-state index contributed by atoms with van der Waals surface area (Å²) in [5.74, 6) is 2.67. The third kappa shape index (κ3) is 4.15. The topological polar surface area (TPSA) is 93.7 Å². The molecule has 0 unspecified atom stereocenters. The van der Waals surface area contributed by atoms with E-state index in [9.17, 15) is 5.11 Å². The van der Waals surface area contributed by atoms with Crippen LogP contribution >= 0.6 is 11.3 Å². The van der Waals surface area contributed by atoms with Gasteiger partial charge in [0.25, 0.3) is 0 Å². The highest BCUT2D eigenvalue weighted by Gasteiger charge is 2.25. The number of aryl methyl sites for hydroxylation is 2. The summed E-state index contributed by atoms with van der Waals surface area (Å²) in [6.45, 7) is 6.68. The molecule has 5 rings (SSSR count). The number of aromatic nitrogens is 6. The van der Waals surface area contributed by atoms with Gasteiger partial charge in [-0.25, -0.2) is 15.0 Å². The van der Waals surface area contributed by atoms with E-state index in [1.807, 2.05) is 28.7 Å². The Hall–Kier alpha value is -2.78. The number of imidazole rings is 1. The molecule has 0 amide bonds. The standard InChI is InChI=1S/C24H31N7OS/c1-14(2)31-11-9-18(29-31)20-15(3)19-21(26-17-7-5-16(13-32)6-8-17)27-22(28-24(19)33-20)23-25-10-12-30(23)4/h9-12,14,16-17,32H,5-8,13H2,1-4H3,(H,26,27,28)/t16-,17-. The molecule has 9 heteroatoms. The van der Waals surface area contributed by atoms with Gasteiger partial charge in [0.15, 0.2) is 11.6 Å². The first-order valence-electron chi connectivity index (χ1n) is 11.7. The van der Waals surface area contributed by atoms with Crippen LogP contribution in [0.4, 0.5) is 5.82 Å². The second-order valence-electron chi connectivity index (χ2n) is 9.31. The number of nitrogens with one attached hydrogen (secondary N) is 1. The maximum Gasteiger partial charge on any atom is 0.199 e. The van der Waals surface area contributed by atoms with E-state index in [1.54, 1.807) is 17.5 Å². The summed E-state index contributed by atoms with van der Waals surface area (Å²) in [6, 6.07) is 2.73. The largest absolute Gasteiger partial charge is 0.396 e. The smallest absolute Gasteiger partial charge is 0.199 e. The van der Waals surface area contributed by atoms with E-state index >= 15 is 0 Å². The zero-order valence-electron chi connectivity index (χ0n) is 19.6. The van der Waals surface area contributed by atoms with Gasteiger partial charge in [-0.15, -0.1) is 11.3 Å². The highest BCUT2D eigenvalue weighted by atomic mass is 32.1. The number of anilines is 1. The van der Waals surface area contributed by atoms with Gasteiger partial charge in [0, 0.05) is 44.3 Å². The van der Waals surface area contributed by atoms with Crippen molar-refractivity contribution < 1.29 is 5.11 Å². The Labute approximate surface area is 197 Å². The molecule has 0 aromatic carbocycles. The molecule has 4 aromatic heterocycles. The normalized spacial score (nSPS) is 19.0. The van der Waals surface area contributed by atoms with Crippen LogP contribution in [-0.4, -0.2) is 47.1 Å². The van der Waals surface area contributed by atoms with Crippen molar-refractivity contribution in [3.63, 3.8) is 0 Å². The Morgan fingerprint density at radius 3 is 2.61 bits per heavy atom. The van der Waals surface area contributed by atoms with Crippen LogP contribution in [0.2, 0.25) is 0 Å². The highest BCUT2D eigenvalue weighted by Crippen LogP contribution is 2.41. The zero-order valence-corrected chi connectivity index (χ0v) is 20.4. The summed E-state index contributed by atoms with van der Waals surface area (Å²) < 4.78 is 3.94. The second kappa shape index (κ2) is 8.87. The first-order valence-corrected chi connectivity index (χ1v) is 12.5. The number of hydrogen-bond acceptors (Lipinski definition) is 7. The van der Waals surface area contributed by atoms with Crippen LogP contribution in [0.25, 0.3) is 32.4 Å². The lowest BCUT2D eigenvalue weighted by atomic mass is 9.86. The lowest BCUT2D eigenvalue weighted by Gasteiger charge is -2.28. The summed E-state index contributed by atoms with van der Waals surface area (Å²) in [4.78, 5) is 16.4. The van der Waals surface area contributed by atoms with Crippen LogP contribution in [-0.2, 0) is 7.05 Å². The van der Waals surface area contributed by atoms with E-state index < -0.39 is 0 Å². The van der Waals surface area contributed by atoms with E-state index in [0.29, 0.717) is 23.8 Å². The molecule has 8 nitrogen and oxygen atoms in total. The summed E-state index contributed by atoms with van der Waals surface area (Å²) in [7, 11) is 1.96. The molecule has 4 aromatic rings. The van der Waals surface area contributed by atoms with Crippen molar-refractivity contribution in [3.05, 3.63) is 30.2 Å². The minimum absolute atomic E-state index is 0.282. The van der Waals surface area contributed by atoms with E-state index in [4.69, 9.17) is 15.1 Å². The molecule has 1 fully saturated rings. The summed E-state index contributed by atoms with van der Waals surface area (Å²) in [5.41, 5.74) is 2.12. The van der Waals surface area contributed by atoms with Crippen molar-refractivity contribution in [3.8, 4) is 22.2 Å². The molecule has 0 radical (unpaired) electrons. The lowest BCUT2D eigenvalue weighted by Crippen LogP contribution is -2.28. The van der Waals surface area contributed by atoms with Gasteiger partial charge < -0.3 is 15.0 Å². The van der Waals surface area contributed by atoms with Crippen LogP contribution in [0.5, 0.6) is 0 Å². The number of thiophene rings is 1. The predicted molar refractivity (Wildman–Crippen MR) is 132 cm³/mol. The molecular weight excluding hydrogens is 434 g/mol. The molecule has 0 bridgehead atoms. The van der Waals surface area contributed by atoms with Gasteiger partial charge in [0.2, 0.25) is 0 Å². The monoisotopic (exact) mass is 465 g/mol. The fraction of sp³-hybridized carbons (Fsp3) is 0.500. The molecule has 2 N–H and O–H groups in total. The summed E-state index contributed by atoms with van der Waals surface area (Å²) in [6.07, 6.45) is 9.86. The molecular formula is C24H31N7OS. The molecule has 0 saturated heterocycles. The maximum absolute atomic E-state index is 9.50. The van der Waals surface area contributed by atoms with Gasteiger partial charge in [-0.2, -0.15) is 5.10 Å². The second-order valence-corrected chi connectivity index (χ2v) is 10.3. The SMILES string of the molecule is Cc1c(-c2ccn(C(C)C)n2)sc2nc(-c3nccn3C)nc(N[C@H]3CC[C@H](CO)CC3)c12. The third-order valence-corrected chi connectivity index (χ3v) is 7.84. The Balaban J connectivity index is 1.59. The Morgan fingerprint density at radius 2 is 1.97 bits per heavy atom. The summed E-state index contributed by atoms with van der Waals surface area (Å²) >= 11 is 1.66. The number of nitrogens with zero attached hydrogens (tertiary/aromatic N) is 6. The average molecular weight is 466 g/mol.